The van der Waals surface area contributed by atoms with Crippen LogP contribution in [0.2, 0.25) is 0 Å². The van der Waals surface area contributed by atoms with E-state index in [0.717, 1.165) is 5.91 Å². The summed E-state index contributed by atoms with van der Waals surface area (Å²) in [5.74, 6) is 1.01. The molecular weight excluding hydrogens is 176 g/mol. The number of hydrogen-bond acceptors (Lipinski definition) is 7. The van der Waals surface area contributed by atoms with Gasteiger partial charge in [-0.2, -0.15) is 15.0 Å². The number of nitrogens with two attached hydrogens (primary N) is 3. The molecule has 1 aromatic rings. The average Bonchev–Trinajstić information content (AvgIpc) is 1.84. The maximum absolute atomic E-state index is 8.87. The van der Waals surface area contributed by atoms with Crippen molar-refractivity contribution >= 4 is 34.0 Å². The Morgan fingerprint density at radius 3 is 1.33 bits per heavy atom. The first-order valence-electron chi connectivity index (χ1n) is 3.02. The SMILES string of the molecule is Nc1nc(N)nc(N)n1.O=C[SiH3]. The molecule has 0 amide bonds. The van der Waals surface area contributed by atoms with Crippen molar-refractivity contribution in [1.29, 1.82) is 0 Å². The third kappa shape index (κ3) is 4.17. The molecule has 7 nitrogen and oxygen atoms in total. The van der Waals surface area contributed by atoms with Crippen LogP contribution in [-0.2, 0) is 4.79 Å². The summed E-state index contributed by atoms with van der Waals surface area (Å²) >= 11 is 0. The molecule has 0 aliphatic rings. The summed E-state index contributed by atoms with van der Waals surface area (Å²) in [7, 11) is 0.688. The number of nitrogens with zero attached hydrogens (tertiary/aromatic N) is 3. The van der Waals surface area contributed by atoms with Crippen molar-refractivity contribution < 1.29 is 4.79 Å². The minimum Gasteiger partial charge on any atom is -0.368 e. The lowest BCUT2D eigenvalue weighted by Gasteiger charge is -1.93. The Morgan fingerprint density at radius 2 is 1.17 bits per heavy atom. The second kappa shape index (κ2) is 5.01. The molecule has 6 N–H and O–H groups in total. The van der Waals surface area contributed by atoms with Gasteiger partial charge in [0.05, 0.1) is 16.2 Å². The van der Waals surface area contributed by atoms with E-state index in [0.29, 0.717) is 10.2 Å². The quantitative estimate of drug-likeness (QED) is 0.293. The fraction of sp³-hybridized carbons (Fsp3) is 0. The fourth-order valence-corrected chi connectivity index (χ4v) is 0.427. The van der Waals surface area contributed by atoms with Crippen LogP contribution in [0.1, 0.15) is 0 Å². The molecule has 66 valence electrons. The minimum atomic E-state index is 0.0417. The molecule has 0 saturated heterocycles. The smallest absolute Gasteiger partial charge is 0.226 e. The lowest BCUT2D eigenvalue weighted by molar-refractivity contribution is 0.569. The lowest BCUT2D eigenvalue weighted by atomic mass is 10.9. The molecule has 0 fully saturated rings. The monoisotopic (exact) mass is 186 g/mol. The van der Waals surface area contributed by atoms with E-state index < -0.39 is 0 Å². The summed E-state index contributed by atoms with van der Waals surface area (Å²) in [5.41, 5.74) is 15.4. The molecule has 12 heavy (non-hydrogen) atoms. The normalized spacial score (nSPS) is 8.33. The Labute approximate surface area is 71.8 Å². The van der Waals surface area contributed by atoms with E-state index in [4.69, 9.17) is 22.0 Å². The van der Waals surface area contributed by atoms with Gasteiger partial charge in [-0.25, -0.2) is 0 Å². The second-order valence-corrected chi connectivity index (χ2v) is 2.12. The molecule has 0 bridgehead atoms. The summed E-state index contributed by atoms with van der Waals surface area (Å²) in [6.45, 7) is 0. The lowest BCUT2D eigenvalue weighted by Crippen LogP contribution is -2.05. The Bertz CT molecular complexity index is 215. The highest BCUT2D eigenvalue weighted by Gasteiger charge is 1.93. The van der Waals surface area contributed by atoms with Crippen molar-refractivity contribution in [3.8, 4) is 0 Å². The predicted molar refractivity (Wildman–Crippen MR) is 49.8 cm³/mol. The van der Waals surface area contributed by atoms with Crippen LogP contribution in [0.3, 0.4) is 0 Å². The molecule has 0 radical (unpaired) electrons. The standard InChI is InChI=1S/C3H6N6.CH4OSi/c4-1-7-2(5)9-3(6)8-1;2-1-3/h(H6,4,5,6,7,8,9);1H,3H3. The van der Waals surface area contributed by atoms with Crippen molar-refractivity contribution in [1.82, 2.24) is 15.0 Å². The van der Waals surface area contributed by atoms with Crippen LogP contribution in [0.5, 0.6) is 0 Å². The minimum absolute atomic E-state index is 0.0417. The number of anilines is 3. The molecule has 1 aromatic heterocycles. The molecule has 0 aliphatic heterocycles. The molecule has 8 heteroatoms. The van der Waals surface area contributed by atoms with Crippen molar-refractivity contribution in [2.75, 3.05) is 17.2 Å². The average molecular weight is 186 g/mol. The zero-order valence-corrected chi connectivity index (χ0v) is 8.56. The van der Waals surface area contributed by atoms with Gasteiger partial charge in [0.1, 0.15) is 0 Å². The maximum Gasteiger partial charge on any atom is 0.226 e. The molecule has 0 atom stereocenters. The Kier molecular flexibility index (Phi) is 4.30. The fourth-order valence-electron chi connectivity index (χ4n) is 0.427. The first-order valence-corrected chi connectivity index (χ1v) is 4.18. The van der Waals surface area contributed by atoms with Crippen LogP contribution in [0.4, 0.5) is 17.8 Å². The van der Waals surface area contributed by atoms with Gasteiger partial charge < -0.3 is 22.0 Å². The largest absolute Gasteiger partial charge is 0.368 e. The summed E-state index contributed by atoms with van der Waals surface area (Å²) < 4.78 is 0. The van der Waals surface area contributed by atoms with E-state index >= 15 is 0 Å². The molecule has 0 aliphatic carbocycles. The Balaban J connectivity index is 0.000000354. The van der Waals surface area contributed by atoms with Gasteiger partial charge in [0.2, 0.25) is 17.8 Å². The van der Waals surface area contributed by atoms with E-state index in [1.54, 1.807) is 0 Å². The molecule has 0 aromatic carbocycles. The highest BCUT2D eigenvalue weighted by molar-refractivity contribution is 6.48. The van der Waals surface area contributed by atoms with E-state index in [-0.39, 0.29) is 17.8 Å². The number of carbonyl (C=O) groups is 1. The highest BCUT2D eigenvalue weighted by Crippen LogP contribution is 1.97. The van der Waals surface area contributed by atoms with Gasteiger partial charge in [0.25, 0.3) is 0 Å². The summed E-state index contributed by atoms with van der Waals surface area (Å²) in [6.07, 6.45) is 0. The van der Waals surface area contributed by atoms with Gasteiger partial charge in [-0.3, -0.25) is 0 Å². The zero-order valence-electron chi connectivity index (χ0n) is 6.56. The Hall–Kier alpha value is -1.70. The van der Waals surface area contributed by atoms with Gasteiger partial charge in [-0.05, 0) is 0 Å². The van der Waals surface area contributed by atoms with Crippen molar-refractivity contribution in [2.45, 2.75) is 0 Å². The van der Waals surface area contributed by atoms with Gasteiger partial charge in [-0.1, -0.05) is 0 Å². The van der Waals surface area contributed by atoms with Gasteiger partial charge in [-0.15, -0.1) is 0 Å². The van der Waals surface area contributed by atoms with E-state index in [2.05, 4.69) is 15.0 Å². The number of nitrogen functional groups attached to an aromatic ring is 3. The van der Waals surface area contributed by atoms with Gasteiger partial charge >= 0.3 is 0 Å². The van der Waals surface area contributed by atoms with E-state index in [1.165, 1.54) is 0 Å². The van der Waals surface area contributed by atoms with Crippen molar-refractivity contribution in [2.24, 2.45) is 0 Å². The topological polar surface area (TPSA) is 134 Å². The summed E-state index contributed by atoms with van der Waals surface area (Å²) in [4.78, 5) is 19.3. The van der Waals surface area contributed by atoms with Crippen LogP contribution in [-0.4, -0.2) is 31.1 Å². The molecule has 0 spiro atoms. The van der Waals surface area contributed by atoms with Crippen molar-refractivity contribution in [3.05, 3.63) is 0 Å². The van der Waals surface area contributed by atoms with Crippen LogP contribution in [0.25, 0.3) is 0 Å². The number of carbonyl (C=O) groups excluding carboxylic acids is 1. The van der Waals surface area contributed by atoms with E-state index in [9.17, 15) is 0 Å². The predicted octanol–water partition coefficient (Wildman–Crippen LogP) is -2.84. The highest BCUT2D eigenvalue weighted by atomic mass is 28.1. The molecule has 0 unspecified atom stereocenters. The second-order valence-electron chi connectivity index (χ2n) is 1.65. The zero-order chi connectivity index (χ0) is 9.56. The van der Waals surface area contributed by atoms with Crippen LogP contribution >= 0.6 is 0 Å². The van der Waals surface area contributed by atoms with Crippen LogP contribution in [0, 0.1) is 0 Å². The molecule has 0 saturated carbocycles. The number of rotatable bonds is 0. The molecule has 1 heterocycles. The first kappa shape index (κ1) is 10.3. The molecular formula is C4H10N6OSi. The third-order valence-corrected chi connectivity index (χ3v) is 0.687. The van der Waals surface area contributed by atoms with Gasteiger partial charge in [0.15, 0.2) is 0 Å². The van der Waals surface area contributed by atoms with Crippen LogP contribution in [0.15, 0.2) is 0 Å². The Morgan fingerprint density at radius 1 is 1.00 bits per heavy atom. The maximum atomic E-state index is 8.87. The summed E-state index contributed by atoms with van der Waals surface area (Å²) in [5, 5.41) is 0. The molecule has 1 rings (SSSR count). The number of hydrogen-bond donors (Lipinski definition) is 3. The number of aromatic nitrogens is 3. The third-order valence-electron chi connectivity index (χ3n) is 0.687. The van der Waals surface area contributed by atoms with Crippen LogP contribution < -0.4 is 17.2 Å². The van der Waals surface area contributed by atoms with Gasteiger partial charge in [0, 0.05) is 0 Å². The van der Waals surface area contributed by atoms with Crippen molar-refractivity contribution in [3.63, 3.8) is 0 Å². The first-order chi connectivity index (χ1) is 5.60. The summed E-state index contributed by atoms with van der Waals surface area (Å²) in [6, 6.07) is 0. The van der Waals surface area contributed by atoms with E-state index in [1.807, 2.05) is 0 Å².